The molecule has 0 aromatic heterocycles. The first-order valence-electron chi connectivity index (χ1n) is 8.64. The summed E-state index contributed by atoms with van der Waals surface area (Å²) in [6, 6.07) is 13.0. The van der Waals surface area contributed by atoms with E-state index >= 15 is 0 Å². The number of nitro groups is 1. The molecule has 1 amide bonds. The van der Waals surface area contributed by atoms with Gasteiger partial charge in [-0.2, -0.15) is 17.0 Å². The minimum atomic E-state index is -0.882. The van der Waals surface area contributed by atoms with Gasteiger partial charge < -0.3 is 10.1 Å². The van der Waals surface area contributed by atoms with Gasteiger partial charge in [0.1, 0.15) is 12.6 Å². The molecule has 2 aromatic rings. The van der Waals surface area contributed by atoms with Crippen molar-refractivity contribution >= 4 is 29.3 Å². The number of hydrogen-bond acceptors (Lipinski definition) is 7. The summed E-state index contributed by atoms with van der Waals surface area (Å²) in [5, 5.41) is 22.3. The zero-order valence-electron chi connectivity index (χ0n) is 15.7. The van der Waals surface area contributed by atoms with Crippen LogP contribution >= 0.6 is 11.8 Å². The Bertz CT molecular complexity index is 924. The molecule has 0 saturated carbocycles. The molecule has 0 heterocycles. The average Bonchev–Trinajstić information content (AvgIpc) is 2.75. The number of ether oxygens (including phenoxy) is 1. The largest absolute Gasteiger partial charge is 0.459 e. The Morgan fingerprint density at radius 1 is 1.28 bits per heavy atom. The van der Waals surface area contributed by atoms with Crippen LogP contribution in [-0.4, -0.2) is 34.9 Å². The van der Waals surface area contributed by atoms with E-state index in [0.29, 0.717) is 23.3 Å². The molecule has 29 heavy (non-hydrogen) atoms. The van der Waals surface area contributed by atoms with Crippen LogP contribution in [0.3, 0.4) is 0 Å². The first kappa shape index (κ1) is 21.9. The maximum atomic E-state index is 12.5. The SMILES string of the molecule is CSCC[C@@H](NC(=O)c1cccc([N+](=O)[O-])c1)C(=O)OCc1ccc(C#N)cc1. The second-order valence-corrected chi connectivity index (χ2v) is 7.02. The van der Waals surface area contributed by atoms with Crippen LogP contribution in [0.1, 0.15) is 27.9 Å². The molecule has 0 aliphatic heterocycles. The second kappa shape index (κ2) is 10.8. The number of carbonyl (C=O) groups excluding carboxylic acids is 2. The zero-order valence-corrected chi connectivity index (χ0v) is 16.5. The van der Waals surface area contributed by atoms with E-state index in [1.54, 1.807) is 24.3 Å². The molecule has 8 nitrogen and oxygen atoms in total. The lowest BCUT2D eigenvalue weighted by Gasteiger charge is -2.17. The summed E-state index contributed by atoms with van der Waals surface area (Å²) in [7, 11) is 0. The lowest BCUT2D eigenvalue weighted by Crippen LogP contribution is -2.42. The molecule has 2 aromatic carbocycles. The number of thioether (sulfide) groups is 1. The first-order valence-corrected chi connectivity index (χ1v) is 10.0. The van der Waals surface area contributed by atoms with E-state index in [4.69, 9.17) is 10.00 Å². The Morgan fingerprint density at radius 2 is 2.00 bits per heavy atom. The Kier molecular flexibility index (Phi) is 8.18. The van der Waals surface area contributed by atoms with Crippen molar-refractivity contribution in [3.8, 4) is 6.07 Å². The van der Waals surface area contributed by atoms with Crippen molar-refractivity contribution < 1.29 is 19.2 Å². The summed E-state index contributed by atoms with van der Waals surface area (Å²) in [4.78, 5) is 35.2. The van der Waals surface area contributed by atoms with Gasteiger partial charge in [0, 0.05) is 17.7 Å². The maximum absolute atomic E-state index is 12.5. The highest BCUT2D eigenvalue weighted by molar-refractivity contribution is 7.98. The van der Waals surface area contributed by atoms with Gasteiger partial charge in [-0.05, 0) is 42.2 Å². The Labute approximate surface area is 172 Å². The molecule has 9 heteroatoms. The maximum Gasteiger partial charge on any atom is 0.329 e. The molecule has 0 fully saturated rings. The molecular weight excluding hydrogens is 394 g/mol. The Balaban J connectivity index is 2.04. The number of non-ortho nitro benzene ring substituents is 1. The lowest BCUT2D eigenvalue weighted by molar-refractivity contribution is -0.384. The summed E-state index contributed by atoms with van der Waals surface area (Å²) in [5.41, 5.74) is 1.10. The number of nitrogens with one attached hydrogen (secondary N) is 1. The average molecular weight is 413 g/mol. The summed E-state index contributed by atoms with van der Waals surface area (Å²) in [6.07, 6.45) is 2.23. The normalized spacial score (nSPS) is 11.2. The smallest absolute Gasteiger partial charge is 0.329 e. The molecule has 0 aliphatic carbocycles. The van der Waals surface area contributed by atoms with Gasteiger partial charge in [-0.3, -0.25) is 14.9 Å². The molecule has 150 valence electrons. The van der Waals surface area contributed by atoms with E-state index in [1.807, 2.05) is 12.3 Å². The van der Waals surface area contributed by atoms with Crippen molar-refractivity contribution in [1.82, 2.24) is 5.32 Å². The number of carbonyl (C=O) groups is 2. The molecule has 0 bridgehead atoms. The molecule has 0 radical (unpaired) electrons. The predicted octanol–water partition coefficient (Wildman–Crippen LogP) is 3.06. The summed E-state index contributed by atoms with van der Waals surface area (Å²) in [6.45, 7) is 0.00693. The van der Waals surface area contributed by atoms with E-state index in [1.165, 1.54) is 30.0 Å². The topological polar surface area (TPSA) is 122 Å². The molecule has 0 spiro atoms. The summed E-state index contributed by atoms with van der Waals surface area (Å²) < 4.78 is 5.31. The number of benzene rings is 2. The van der Waals surface area contributed by atoms with Gasteiger partial charge in [-0.25, -0.2) is 4.79 Å². The second-order valence-electron chi connectivity index (χ2n) is 6.03. The molecule has 1 atom stereocenters. The van der Waals surface area contributed by atoms with Crippen LogP contribution in [0.5, 0.6) is 0 Å². The molecular formula is C20H19N3O5S. The minimum absolute atomic E-state index is 0.00693. The van der Waals surface area contributed by atoms with Crippen molar-refractivity contribution in [2.75, 3.05) is 12.0 Å². The van der Waals surface area contributed by atoms with Crippen molar-refractivity contribution in [3.63, 3.8) is 0 Å². The number of nitrogens with zero attached hydrogens (tertiary/aromatic N) is 2. The number of esters is 1. The highest BCUT2D eigenvalue weighted by atomic mass is 32.2. The van der Waals surface area contributed by atoms with Gasteiger partial charge >= 0.3 is 5.97 Å². The fourth-order valence-corrected chi connectivity index (χ4v) is 2.89. The van der Waals surface area contributed by atoms with Crippen LogP contribution in [0.25, 0.3) is 0 Å². The van der Waals surface area contributed by atoms with E-state index < -0.39 is 22.8 Å². The van der Waals surface area contributed by atoms with E-state index in [9.17, 15) is 19.7 Å². The number of amides is 1. The van der Waals surface area contributed by atoms with Crippen molar-refractivity contribution in [1.29, 1.82) is 5.26 Å². The highest BCUT2D eigenvalue weighted by Gasteiger charge is 2.23. The quantitative estimate of drug-likeness (QED) is 0.381. The summed E-state index contributed by atoms with van der Waals surface area (Å²) in [5.74, 6) is -0.566. The minimum Gasteiger partial charge on any atom is -0.459 e. The fraction of sp³-hybridized carbons (Fsp3) is 0.250. The third-order valence-electron chi connectivity index (χ3n) is 3.98. The fourth-order valence-electron chi connectivity index (χ4n) is 2.42. The first-order chi connectivity index (χ1) is 13.9. The molecule has 0 aliphatic rings. The molecule has 2 rings (SSSR count). The lowest BCUT2D eigenvalue weighted by atomic mass is 10.1. The van der Waals surface area contributed by atoms with Crippen molar-refractivity contribution in [2.45, 2.75) is 19.1 Å². The zero-order chi connectivity index (χ0) is 21.2. The van der Waals surface area contributed by atoms with Crippen LogP contribution in [0.15, 0.2) is 48.5 Å². The standard InChI is InChI=1S/C20H19N3O5S/c1-29-10-9-18(20(25)28-13-15-7-5-14(12-21)6-8-15)22-19(24)16-3-2-4-17(11-16)23(26)27/h2-8,11,18H,9-10,13H2,1H3,(H,22,24)/t18-/m1/s1. The third kappa shape index (κ3) is 6.62. The molecule has 1 N–H and O–H groups in total. The van der Waals surface area contributed by atoms with Crippen molar-refractivity contribution in [3.05, 3.63) is 75.3 Å². The van der Waals surface area contributed by atoms with E-state index in [2.05, 4.69) is 5.32 Å². The highest BCUT2D eigenvalue weighted by Crippen LogP contribution is 2.14. The monoisotopic (exact) mass is 413 g/mol. The van der Waals surface area contributed by atoms with Crippen LogP contribution in [0, 0.1) is 21.4 Å². The van der Waals surface area contributed by atoms with Crippen LogP contribution < -0.4 is 5.32 Å². The predicted molar refractivity (Wildman–Crippen MR) is 108 cm³/mol. The van der Waals surface area contributed by atoms with Gasteiger partial charge in [-0.1, -0.05) is 18.2 Å². The van der Waals surface area contributed by atoms with Gasteiger partial charge in [0.05, 0.1) is 16.6 Å². The number of nitriles is 1. The number of nitro benzene ring substituents is 1. The molecule has 0 unspecified atom stereocenters. The summed E-state index contributed by atoms with van der Waals surface area (Å²) >= 11 is 1.52. The van der Waals surface area contributed by atoms with Crippen LogP contribution in [0.4, 0.5) is 5.69 Å². The van der Waals surface area contributed by atoms with Gasteiger partial charge in [-0.15, -0.1) is 0 Å². The third-order valence-corrected chi connectivity index (χ3v) is 4.63. The Morgan fingerprint density at radius 3 is 2.62 bits per heavy atom. The Hall–Kier alpha value is -3.38. The van der Waals surface area contributed by atoms with Crippen LogP contribution in [0.2, 0.25) is 0 Å². The molecule has 0 saturated heterocycles. The number of hydrogen-bond donors (Lipinski definition) is 1. The number of rotatable bonds is 9. The van der Waals surface area contributed by atoms with Gasteiger partial charge in [0.25, 0.3) is 11.6 Å². The van der Waals surface area contributed by atoms with Gasteiger partial charge in [0.2, 0.25) is 0 Å². The van der Waals surface area contributed by atoms with E-state index in [-0.39, 0.29) is 17.9 Å². The van der Waals surface area contributed by atoms with Crippen molar-refractivity contribution in [2.24, 2.45) is 0 Å². The van der Waals surface area contributed by atoms with Gasteiger partial charge in [0.15, 0.2) is 0 Å². The van der Waals surface area contributed by atoms with E-state index in [0.717, 1.165) is 6.07 Å². The van der Waals surface area contributed by atoms with Crippen LogP contribution in [-0.2, 0) is 16.1 Å².